The highest BCUT2D eigenvalue weighted by Gasteiger charge is 2.37. The number of anilines is 1. The SMILES string of the molecule is CCN=C(c1ccc([N+](=O)[O-])cc1)N1CCc2cc(C3=NN(C)C(=O)SC3(C)C)ccc21. The van der Waals surface area contributed by atoms with Gasteiger partial charge < -0.3 is 4.90 Å². The van der Waals surface area contributed by atoms with Gasteiger partial charge in [0.2, 0.25) is 0 Å². The number of amidine groups is 1. The van der Waals surface area contributed by atoms with Gasteiger partial charge in [-0.1, -0.05) is 17.8 Å². The van der Waals surface area contributed by atoms with Crippen LogP contribution < -0.4 is 4.90 Å². The highest BCUT2D eigenvalue weighted by molar-refractivity contribution is 8.15. The van der Waals surface area contributed by atoms with Crippen molar-refractivity contribution in [1.82, 2.24) is 5.01 Å². The Morgan fingerprint density at radius 1 is 1.25 bits per heavy atom. The minimum Gasteiger partial charge on any atom is -0.326 e. The Hall–Kier alpha value is -3.20. The number of hydrogen-bond donors (Lipinski definition) is 0. The van der Waals surface area contributed by atoms with Gasteiger partial charge in [-0.2, -0.15) is 5.10 Å². The third kappa shape index (κ3) is 4.00. The zero-order chi connectivity index (χ0) is 23.0. The van der Waals surface area contributed by atoms with Crippen molar-refractivity contribution in [3.63, 3.8) is 0 Å². The van der Waals surface area contributed by atoms with Gasteiger partial charge in [0.1, 0.15) is 5.84 Å². The first-order chi connectivity index (χ1) is 15.2. The zero-order valence-corrected chi connectivity index (χ0v) is 19.3. The zero-order valence-electron chi connectivity index (χ0n) is 18.5. The second-order valence-electron chi connectivity index (χ2n) is 8.20. The topological polar surface area (TPSA) is 91.4 Å². The number of nitrogens with zero attached hydrogens (tertiary/aromatic N) is 5. The van der Waals surface area contributed by atoms with Gasteiger partial charge in [0.25, 0.3) is 5.69 Å². The summed E-state index contributed by atoms with van der Waals surface area (Å²) >= 11 is 1.28. The number of benzene rings is 2. The molecule has 8 nitrogen and oxygen atoms in total. The van der Waals surface area contributed by atoms with E-state index in [-0.39, 0.29) is 10.9 Å². The minimum atomic E-state index is -0.413. The second-order valence-corrected chi connectivity index (χ2v) is 9.77. The predicted molar refractivity (Wildman–Crippen MR) is 129 cm³/mol. The number of hydrogen-bond acceptors (Lipinski definition) is 6. The average Bonchev–Trinajstić information content (AvgIpc) is 3.17. The molecule has 2 aromatic rings. The smallest absolute Gasteiger partial charge is 0.302 e. The van der Waals surface area contributed by atoms with Crippen molar-refractivity contribution in [1.29, 1.82) is 0 Å². The van der Waals surface area contributed by atoms with Crippen LogP contribution >= 0.6 is 11.8 Å². The Morgan fingerprint density at radius 2 is 1.97 bits per heavy atom. The molecule has 2 aliphatic rings. The van der Waals surface area contributed by atoms with E-state index >= 15 is 0 Å². The number of aliphatic imine (C=N–C) groups is 1. The van der Waals surface area contributed by atoms with Crippen molar-refractivity contribution >= 4 is 39.9 Å². The summed E-state index contributed by atoms with van der Waals surface area (Å²) in [5, 5.41) is 16.9. The Kier molecular flexibility index (Phi) is 5.77. The lowest BCUT2D eigenvalue weighted by Crippen LogP contribution is -2.39. The van der Waals surface area contributed by atoms with Gasteiger partial charge in [0, 0.05) is 43.5 Å². The largest absolute Gasteiger partial charge is 0.326 e. The molecule has 0 fully saturated rings. The third-order valence-electron chi connectivity index (χ3n) is 5.58. The fraction of sp³-hybridized carbons (Fsp3) is 0.348. The average molecular weight is 452 g/mol. The normalized spacial score (nSPS) is 17.9. The lowest BCUT2D eigenvalue weighted by Gasteiger charge is -2.32. The van der Waals surface area contributed by atoms with Gasteiger partial charge in [-0.3, -0.25) is 19.9 Å². The number of nitro benzene ring substituents is 1. The van der Waals surface area contributed by atoms with Crippen LogP contribution in [0.15, 0.2) is 52.6 Å². The number of hydrazone groups is 1. The van der Waals surface area contributed by atoms with E-state index in [9.17, 15) is 14.9 Å². The molecule has 0 N–H and O–H groups in total. The fourth-order valence-electron chi connectivity index (χ4n) is 4.03. The van der Waals surface area contributed by atoms with E-state index < -0.39 is 9.67 Å². The van der Waals surface area contributed by atoms with Crippen LogP contribution in [0.25, 0.3) is 0 Å². The maximum absolute atomic E-state index is 12.1. The highest BCUT2D eigenvalue weighted by Crippen LogP contribution is 2.37. The van der Waals surface area contributed by atoms with Crippen LogP contribution in [-0.4, -0.2) is 51.6 Å². The summed E-state index contributed by atoms with van der Waals surface area (Å²) in [5.74, 6) is 0.810. The van der Waals surface area contributed by atoms with E-state index in [0.717, 1.165) is 41.3 Å². The van der Waals surface area contributed by atoms with Gasteiger partial charge in [-0.25, -0.2) is 5.01 Å². The van der Waals surface area contributed by atoms with Crippen molar-refractivity contribution in [3.8, 4) is 0 Å². The van der Waals surface area contributed by atoms with Crippen molar-refractivity contribution in [2.45, 2.75) is 31.9 Å². The Labute approximate surface area is 191 Å². The predicted octanol–water partition coefficient (Wildman–Crippen LogP) is 4.71. The van der Waals surface area contributed by atoms with E-state index in [1.165, 1.54) is 34.5 Å². The summed E-state index contributed by atoms with van der Waals surface area (Å²) < 4.78 is -0.413. The first-order valence-corrected chi connectivity index (χ1v) is 11.3. The number of fused-ring (bicyclic) bond motifs is 1. The molecule has 0 saturated heterocycles. The van der Waals surface area contributed by atoms with Crippen molar-refractivity contribution in [2.24, 2.45) is 10.1 Å². The number of amides is 1. The lowest BCUT2D eigenvalue weighted by molar-refractivity contribution is -0.384. The van der Waals surface area contributed by atoms with Gasteiger partial charge in [-0.05, 0) is 62.6 Å². The lowest BCUT2D eigenvalue weighted by atomic mass is 9.96. The molecule has 0 radical (unpaired) electrons. The molecule has 1 amide bonds. The summed E-state index contributed by atoms with van der Waals surface area (Å²) in [4.78, 5) is 29.6. The molecule has 0 atom stereocenters. The summed E-state index contributed by atoms with van der Waals surface area (Å²) in [6.45, 7) is 7.39. The fourth-order valence-corrected chi connectivity index (χ4v) is 4.90. The first-order valence-electron chi connectivity index (χ1n) is 10.5. The molecule has 2 heterocycles. The van der Waals surface area contributed by atoms with E-state index in [1.807, 2.05) is 26.8 Å². The van der Waals surface area contributed by atoms with E-state index in [0.29, 0.717) is 6.54 Å². The monoisotopic (exact) mass is 451 g/mol. The Morgan fingerprint density at radius 3 is 2.62 bits per heavy atom. The third-order valence-corrected chi connectivity index (χ3v) is 6.72. The van der Waals surface area contributed by atoms with Crippen LogP contribution in [0.1, 0.15) is 37.5 Å². The van der Waals surface area contributed by atoms with Crippen molar-refractivity contribution in [2.75, 3.05) is 25.0 Å². The molecule has 0 aromatic heterocycles. The number of non-ortho nitro benzene ring substituents is 1. The molecule has 0 aliphatic carbocycles. The van der Waals surface area contributed by atoms with Crippen LogP contribution in [0.5, 0.6) is 0 Å². The second kappa shape index (κ2) is 8.38. The van der Waals surface area contributed by atoms with Crippen LogP contribution in [-0.2, 0) is 6.42 Å². The van der Waals surface area contributed by atoms with Crippen molar-refractivity contribution < 1.29 is 9.72 Å². The van der Waals surface area contributed by atoms with Crippen molar-refractivity contribution in [3.05, 3.63) is 69.3 Å². The van der Waals surface area contributed by atoms with Gasteiger partial charge in [0.05, 0.1) is 15.4 Å². The molecule has 166 valence electrons. The molecule has 0 unspecified atom stereocenters. The molecule has 32 heavy (non-hydrogen) atoms. The Balaban J connectivity index is 1.68. The summed E-state index contributed by atoms with van der Waals surface area (Å²) in [5.41, 5.74) is 5.06. The molecule has 0 saturated carbocycles. The molecule has 9 heteroatoms. The maximum Gasteiger partial charge on any atom is 0.302 e. The minimum absolute atomic E-state index is 0.0606. The standard InChI is InChI=1S/C23H25N5O3S/c1-5-24-21(15-6-9-18(10-7-15)28(30)31)27-13-12-16-14-17(8-11-19(16)27)20-23(2,3)32-22(29)26(4)25-20/h6-11,14H,5,12-13H2,1-4H3. The number of nitro groups is 1. The maximum atomic E-state index is 12.1. The highest BCUT2D eigenvalue weighted by atomic mass is 32.2. The van der Waals surface area contributed by atoms with Gasteiger partial charge in [0.15, 0.2) is 0 Å². The molecule has 0 bridgehead atoms. The van der Waals surface area contributed by atoms with Crippen LogP contribution in [0.2, 0.25) is 0 Å². The quantitative estimate of drug-likeness (QED) is 0.291. The van der Waals surface area contributed by atoms with E-state index in [4.69, 9.17) is 4.99 Å². The summed E-state index contributed by atoms with van der Waals surface area (Å²) in [6, 6.07) is 12.8. The van der Waals surface area contributed by atoms with Crippen LogP contribution in [0.4, 0.5) is 16.2 Å². The number of carbonyl (C=O) groups is 1. The molecular weight excluding hydrogens is 426 g/mol. The summed E-state index contributed by atoms with van der Waals surface area (Å²) in [7, 11) is 1.68. The van der Waals surface area contributed by atoms with E-state index in [2.05, 4.69) is 22.1 Å². The summed E-state index contributed by atoms with van der Waals surface area (Å²) in [6.07, 6.45) is 0.856. The van der Waals surface area contributed by atoms with Crippen LogP contribution in [0.3, 0.4) is 0 Å². The Bertz CT molecular complexity index is 1140. The first kappa shape index (κ1) is 22.0. The van der Waals surface area contributed by atoms with Crippen LogP contribution in [0, 0.1) is 10.1 Å². The molecular formula is C23H25N5O3S. The molecule has 4 rings (SSSR count). The van der Waals surface area contributed by atoms with E-state index in [1.54, 1.807) is 19.2 Å². The molecule has 2 aromatic carbocycles. The number of carbonyl (C=O) groups excluding carboxylic acids is 1. The number of rotatable bonds is 4. The van der Waals surface area contributed by atoms with Gasteiger partial charge >= 0.3 is 5.24 Å². The van der Waals surface area contributed by atoms with Gasteiger partial charge in [-0.15, -0.1) is 0 Å². The molecule has 2 aliphatic heterocycles. The molecule has 0 spiro atoms. The number of thioether (sulfide) groups is 1.